The van der Waals surface area contributed by atoms with Crippen LogP contribution in [0.4, 0.5) is 0 Å². The normalized spacial score (nSPS) is 11.3. The molecule has 4 rings (SSSR count). The topological polar surface area (TPSA) is 95.8 Å². The van der Waals surface area contributed by atoms with E-state index < -0.39 is 0 Å². The van der Waals surface area contributed by atoms with Gasteiger partial charge >= 0.3 is 0 Å². The van der Waals surface area contributed by atoms with Crippen LogP contribution in [-0.4, -0.2) is 43.7 Å². The Morgan fingerprint density at radius 1 is 1.28 bits per heavy atom. The van der Waals surface area contributed by atoms with Gasteiger partial charge in [0.15, 0.2) is 5.65 Å². The number of aryl methyl sites for hydroxylation is 1. The van der Waals surface area contributed by atoms with Gasteiger partial charge in [-0.15, -0.1) is 0 Å². The van der Waals surface area contributed by atoms with Crippen LogP contribution in [0.5, 0.6) is 0 Å². The van der Waals surface area contributed by atoms with Crippen molar-refractivity contribution >= 4 is 28.0 Å². The molecule has 0 atom stereocenters. The molecule has 3 N–H and O–H groups in total. The minimum Gasteiger partial charge on any atom is -0.395 e. The first-order valence-electron chi connectivity index (χ1n) is 7.95. The fraction of sp³-hybridized carbons (Fsp3) is 0.167. The summed E-state index contributed by atoms with van der Waals surface area (Å²) in [7, 11) is 1.97. The molecule has 0 unspecified atom stereocenters. The maximum absolute atomic E-state index is 12.2. The maximum Gasteiger partial charge on any atom is 0.251 e. The molecule has 4 aromatic rings. The van der Waals surface area contributed by atoms with Crippen LogP contribution in [0, 0.1) is 0 Å². The first-order chi connectivity index (χ1) is 12.2. The third-order valence-corrected chi connectivity index (χ3v) is 4.20. The van der Waals surface area contributed by atoms with Gasteiger partial charge in [0.25, 0.3) is 5.91 Å². The summed E-state index contributed by atoms with van der Waals surface area (Å²) in [6.45, 7) is 0.150. The van der Waals surface area contributed by atoms with E-state index in [0.29, 0.717) is 5.56 Å². The number of H-pyrrole nitrogens is 1. The quantitative estimate of drug-likeness (QED) is 0.530. The van der Waals surface area contributed by atoms with Gasteiger partial charge < -0.3 is 20.0 Å². The number of hydrogen-bond acceptors (Lipinski definition) is 4. The predicted molar refractivity (Wildman–Crippen MR) is 95.2 cm³/mol. The highest BCUT2D eigenvalue weighted by atomic mass is 16.3. The highest BCUT2D eigenvalue weighted by molar-refractivity contribution is 6.03. The summed E-state index contributed by atoms with van der Waals surface area (Å²) in [6.07, 6.45) is 5.33. The molecule has 0 fully saturated rings. The van der Waals surface area contributed by atoms with Gasteiger partial charge in [0, 0.05) is 54.2 Å². The second kappa shape index (κ2) is 6.03. The second-order valence-corrected chi connectivity index (χ2v) is 5.84. The number of aliphatic hydroxyl groups is 1. The lowest BCUT2D eigenvalue weighted by Gasteiger charge is -2.04. The molecule has 7 nitrogen and oxygen atoms in total. The van der Waals surface area contributed by atoms with Crippen LogP contribution < -0.4 is 5.32 Å². The highest BCUT2D eigenvalue weighted by Gasteiger charge is 2.14. The van der Waals surface area contributed by atoms with E-state index in [1.807, 2.05) is 36.0 Å². The monoisotopic (exact) mass is 335 g/mol. The van der Waals surface area contributed by atoms with Crippen molar-refractivity contribution in [1.82, 2.24) is 24.8 Å². The second-order valence-electron chi connectivity index (χ2n) is 5.84. The van der Waals surface area contributed by atoms with Crippen LogP contribution in [0.1, 0.15) is 10.4 Å². The summed E-state index contributed by atoms with van der Waals surface area (Å²) in [5.74, 6) is -0.203. The molecular weight excluding hydrogens is 318 g/mol. The molecule has 0 spiro atoms. The summed E-state index contributed by atoms with van der Waals surface area (Å²) in [6, 6.07) is 7.53. The predicted octanol–water partition coefficient (Wildman–Crippen LogP) is 1.84. The fourth-order valence-corrected chi connectivity index (χ4v) is 3.02. The van der Waals surface area contributed by atoms with E-state index in [1.165, 1.54) is 0 Å². The molecule has 0 aliphatic heterocycles. The van der Waals surface area contributed by atoms with Crippen molar-refractivity contribution in [3.8, 4) is 11.3 Å². The van der Waals surface area contributed by atoms with Gasteiger partial charge in [-0.3, -0.25) is 9.78 Å². The van der Waals surface area contributed by atoms with E-state index in [4.69, 9.17) is 5.11 Å². The van der Waals surface area contributed by atoms with Crippen LogP contribution in [0.15, 0.2) is 42.9 Å². The molecule has 3 heterocycles. The van der Waals surface area contributed by atoms with Crippen LogP contribution in [-0.2, 0) is 7.05 Å². The number of aliphatic hydroxyl groups excluding tert-OH is 1. The molecule has 0 saturated carbocycles. The number of aromatic amines is 1. The van der Waals surface area contributed by atoms with E-state index >= 15 is 0 Å². The van der Waals surface area contributed by atoms with Crippen molar-refractivity contribution in [3.63, 3.8) is 0 Å². The van der Waals surface area contributed by atoms with Crippen molar-refractivity contribution in [2.24, 2.45) is 7.05 Å². The Morgan fingerprint density at radius 3 is 2.92 bits per heavy atom. The molecule has 1 amide bonds. The molecule has 0 bridgehead atoms. The maximum atomic E-state index is 12.2. The van der Waals surface area contributed by atoms with Crippen molar-refractivity contribution in [3.05, 3.63) is 48.4 Å². The Kier molecular flexibility index (Phi) is 3.70. The van der Waals surface area contributed by atoms with Crippen LogP contribution in [0.3, 0.4) is 0 Å². The van der Waals surface area contributed by atoms with Crippen molar-refractivity contribution in [2.45, 2.75) is 0 Å². The van der Waals surface area contributed by atoms with Gasteiger partial charge in [-0.05, 0) is 24.3 Å². The molecular formula is C18H17N5O2. The highest BCUT2D eigenvalue weighted by Crippen LogP contribution is 2.31. The number of rotatable bonds is 4. The molecule has 0 saturated heterocycles. The van der Waals surface area contributed by atoms with Crippen LogP contribution in [0.2, 0.25) is 0 Å². The summed E-state index contributed by atoms with van der Waals surface area (Å²) >= 11 is 0. The summed E-state index contributed by atoms with van der Waals surface area (Å²) in [5.41, 5.74) is 4.99. The van der Waals surface area contributed by atoms with Crippen molar-refractivity contribution < 1.29 is 9.90 Å². The lowest BCUT2D eigenvalue weighted by Crippen LogP contribution is -2.26. The number of aromatic nitrogens is 4. The molecule has 1 aromatic carbocycles. The minimum atomic E-state index is -0.203. The standard InChI is InChI=1S/C18H17N5O2/c1-23-10-13(14-9-15-17(22-14)20-5-4-19-15)12-8-11(2-3-16(12)23)18(25)21-6-7-24/h2-5,8-10,24H,6-7H2,1H3,(H,20,22)(H,21,25). The summed E-state index contributed by atoms with van der Waals surface area (Å²) in [5, 5.41) is 12.5. The molecule has 0 aliphatic rings. The van der Waals surface area contributed by atoms with Gasteiger partial charge in [0.1, 0.15) is 5.52 Å². The molecule has 25 heavy (non-hydrogen) atoms. The number of nitrogens with one attached hydrogen (secondary N) is 2. The zero-order valence-electron chi connectivity index (χ0n) is 13.7. The van der Waals surface area contributed by atoms with E-state index in [1.54, 1.807) is 18.5 Å². The van der Waals surface area contributed by atoms with E-state index in [2.05, 4.69) is 20.3 Å². The first-order valence-corrected chi connectivity index (χ1v) is 7.95. The zero-order chi connectivity index (χ0) is 17.4. The first kappa shape index (κ1) is 15.3. The van der Waals surface area contributed by atoms with E-state index in [0.717, 1.165) is 33.3 Å². The minimum absolute atomic E-state index is 0.0837. The summed E-state index contributed by atoms with van der Waals surface area (Å²) < 4.78 is 2.02. The molecule has 3 aromatic heterocycles. The lowest BCUT2D eigenvalue weighted by molar-refractivity contribution is 0.0945. The van der Waals surface area contributed by atoms with E-state index in [-0.39, 0.29) is 19.1 Å². The summed E-state index contributed by atoms with van der Waals surface area (Å²) in [4.78, 5) is 24.1. The Labute approximate surface area is 143 Å². The van der Waals surface area contributed by atoms with Gasteiger partial charge in [0.05, 0.1) is 12.3 Å². The van der Waals surface area contributed by atoms with Crippen LogP contribution >= 0.6 is 0 Å². The van der Waals surface area contributed by atoms with Gasteiger partial charge in [-0.25, -0.2) is 4.98 Å². The number of nitrogens with zero attached hydrogens (tertiary/aromatic N) is 3. The lowest BCUT2D eigenvalue weighted by atomic mass is 10.1. The van der Waals surface area contributed by atoms with Gasteiger partial charge in [-0.1, -0.05) is 0 Å². The smallest absolute Gasteiger partial charge is 0.251 e. The van der Waals surface area contributed by atoms with Crippen molar-refractivity contribution in [1.29, 1.82) is 0 Å². The van der Waals surface area contributed by atoms with Gasteiger partial charge in [0.2, 0.25) is 0 Å². The number of carbonyl (C=O) groups is 1. The fourth-order valence-electron chi connectivity index (χ4n) is 3.02. The molecule has 0 aliphatic carbocycles. The van der Waals surface area contributed by atoms with Crippen LogP contribution in [0.25, 0.3) is 33.3 Å². The number of fused-ring (bicyclic) bond motifs is 2. The number of hydrogen-bond donors (Lipinski definition) is 3. The van der Waals surface area contributed by atoms with Gasteiger partial charge in [-0.2, -0.15) is 0 Å². The number of amides is 1. The van der Waals surface area contributed by atoms with Crippen molar-refractivity contribution in [2.75, 3.05) is 13.2 Å². The Bertz CT molecular complexity index is 1050. The zero-order valence-corrected chi connectivity index (χ0v) is 13.7. The molecule has 126 valence electrons. The third kappa shape index (κ3) is 2.64. The SMILES string of the molecule is Cn1cc(-c2cc3nccnc3[nH]2)c2cc(C(=O)NCCO)ccc21. The average molecular weight is 335 g/mol. The Balaban J connectivity index is 1.84. The average Bonchev–Trinajstić information content (AvgIpc) is 3.20. The molecule has 0 radical (unpaired) electrons. The van der Waals surface area contributed by atoms with E-state index in [9.17, 15) is 4.79 Å². The third-order valence-electron chi connectivity index (χ3n) is 4.20. The number of carbonyl (C=O) groups excluding carboxylic acids is 1. The largest absolute Gasteiger partial charge is 0.395 e. The number of benzene rings is 1. The molecule has 7 heteroatoms. The Morgan fingerprint density at radius 2 is 2.12 bits per heavy atom. The Hall–Kier alpha value is -3.19.